The number of esters is 1. The van der Waals surface area contributed by atoms with E-state index in [-0.39, 0.29) is 11.9 Å². The fraction of sp³-hybridized carbons (Fsp3) is 0.900. The molecule has 0 radical (unpaired) electrons. The van der Waals surface area contributed by atoms with Crippen molar-refractivity contribution in [3.05, 3.63) is 0 Å². The lowest BCUT2D eigenvalue weighted by Gasteiger charge is -2.12. The Hall–Kier alpha value is -0.610. The molecular weight excluding hydrogens is 182 g/mol. The third-order valence-corrected chi connectivity index (χ3v) is 1.99. The second-order valence-electron chi connectivity index (χ2n) is 3.24. The molecule has 0 saturated carbocycles. The summed E-state index contributed by atoms with van der Waals surface area (Å²) in [6.07, 6.45) is 2.50. The lowest BCUT2D eigenvalue weighted by molar-refractivity contribution is -0.148. The molecule has 1 atom stereocenters. The number of methoxy groups -OCH3 is 1. The van der Waals surface area contributed by atoms with E-state index in [1.165, 1.54) is 0 Å². The normalized spacial score (nSPS) is 12.5. The Morgan fingerprint density at radius 2 is 2.14 bits per heavy atom. The molecular formula is C10H21NO3. The summed E-state index contributed by atoms with van der Waals surface area (Å²) >= 11 is 0. The van der Waals surface area contributed by atoms with Crippen molar-refractivity contribution in [2.45, 2.75) is 26.2 Å². The van der Waals surface area contributed by atoms with E-state index < -0.39 is 0 Å². The first-order chi connectivity index (χ1) is 6.76. The van der Waals surface area contributed by atoms with Crippen LogP contribution in [0.4, 0.5) is 0 Å². The Bertz CT molecular complexity index is 150. The summed E-state index contributed by atoms with van der Waals surface area (Å²) in [5.74, 6) is -0.312. The van der Waals surface area contributed by atoms with Gasteiger partial charge < -0.3 is 15.2 Å². The Labute approximate surface area is 85.8 Å². The molecule has 0 aliphatic rings. The quantitative estimate of drug-likeness (QED) is 0.471. The Morgan fingerprint density at radius 1 is 1.43 bits per heavy atom. The molecule has 4 nitrogen and oxygen atoms in total. The zero-order valence-corrected chi connectivity index (χ0v) is 9.12. The highest BCUT2D eigenvalue weighted by atomic mass is 16.5. The van der Waals surface area contributed by atoms with Crippen LogP contribution in [0.3, 0.4) is 0 Å². The van der Waals surface area contributed by atoms with E-state index in [4.69, 9.17) is 15.2 Å². The summed E-state index contributed by atoms with van der Waals surface area (Å²) in [4.78, 5) is 11.4. The molecule has 0 amide bonds. The van der Waals surface area contributed by atoms with Crippen LogP contribution in [0.1, 0.15) is 26.2 Å². The van der Waals surface area contributed by atoms with E-state index in [1.54, 1.807) is 7.11 Å². The lowest BCUT2D eigenvalue weighted by Crippen LogP contribution is -2.26. The standard InChI is InChI=1S/C10H21NO3/c1-3-5-9(8-11)10(12)14-7-4-6-13-2/h9H,3-8,11H2,1-2H3. The predicted octanol–water partition coefficient (Wildman–Crippen LogP) is 0.941. The summed E-state index contributed by atoms with van der Waals surface area (Å²) in [5.41, 5.74) is 5.46. The van der Waals surface area contributed by atoms with Crippen molar-refractivity contribution in [3.8, 4) is 0 Å². The average Bonchev–Trinajstić information content (AvgIpc) is 2.20. The molecule has 4 heteroatoms. The molecule has 0 aromatic rings. The minimum atomic E-state index is -0.176. The van der Waals surface area contributed by atoms with E-state index in [0.29, 0.717) is 19.8 Å². The summed E-state index contributed by atoms with van der Waals surface area (Å²) in [7, 11) is 1.63. The van der Waals surface area contributed by atoms with Gasteiger partial charge >= 0.3 is 5.97 Å². The number of hydrogen-bond donors (Lipinski definition) is 1. The second kappa shape index (κ2) is 8.97. The molecule has 0 spiro atoms. The van der Waals surface area contributed by atoms with E-state index >= 15 is 0 Å². The van der Waals surface area contributed by atoms with Crippen molar-refractivity contribution in [3.63, 3.8) is 0 Å². The molecule has 0 aliphatic heterocycles. The third-order valence-electron chi connectivity index (χ3n) is 1.99. The van der Waals surface area contributed by atoms with Crippen molar-refractivity contribution in [1.82, 2.24) is 0 Å². The molecule has 2 N–H and O–H groups in total. The van der Waals surface area contributed by atoms with Gasteiger partial charge in [-0.1, -0.05) is 13.3 Å². The van der Waals surface area contributed by atoms with Gasteiger partial charge in [-0.15, -0.1) is 0 Å². The molecule has 0 aromatic carbocycles. The van der Waals surface area contributed by atoms with E-state index in [2.05, 4.69) is 0 Å². The van der Waals surface area contributed by atoms with Crippen LogP contribution in [0.25, 0.3) is 0 Å². The molecule has 14 heavy (non-hydrogen) atoms. The Morgan fingerprint density at radius 3 is 2.64 bits per heavy atom. The van der Waals surface area contributed by atoms with Crippen LogP contribution in [0.5, 0.6) is 0 Å². The van der Waals surface area contributed by atoms with Crippen LogP contribution in [0, 0.1) is 5.92 Å². The molecule has 0 aromatic heterocycles. The number of carbonyl (C=O) groups is 1. The first kappa shape index (κ1) is 13.4. The molecule has 0 saturated heterocycles. The summed E-state index contributed by atoms with van der Waals surface area (Å²) in [6, 6.07) is 0. The van der Waals surface area contributed by atoms with Crippen molar-refractivity contribution >= 4 is 5.97 Å². The second-order valence-corrected chi connectivity index (χ2v) is 3.24. The topological polar surface area (TPSA) is 61.6 Å². The Kier molecular flexibility index (Phi) is 8.57. The van der Waals surface area contributed by atoms with Crippen LogP contribution in [-0.4, -0.2) is 32.8 Å². The van der Waals surface area contributed by atoms with Gasteiger partial charge in [-0.05, 0) is 6.42 Å². The molecule has 0 fully saturated rings. The number of carbonyl (C=O) groups excluding carboxylic acids is 1. The van der Waals surface area contributed by atoms with Gasteiger partial charge in [-0.2, -0.15) is 0 Å². The van der Waals surface area contributed by atoms with E-state index in [1.807, 2.05) is 6.92 Å². The highest BCUT2D eigenvalue weighted by Gasteiger charge is 2.16. The van der Waals surface area contributed by atoms with Gasteiger partial charge in [-0.3, -0.25) is 4.79 Å². The van der Waals surface area contributed by atoms with Gasteiger partial charge in [-0.25, -0.2) is 0 Å². The maximum atomic E-state index is 11.4. The zero-order valence-electron chi connectivity index (χ0n) is 9.12. The molecule has 84 valence electrons. The fourth-order valence-corrected chi connectivity index (χ4v) is 1.17. The first-order valence-electron chi connectivity index (χ1n) is 5.11. The summed E-state index contributed by atoms with van der Waals surface area (Å²) in [6.45, 7) is 3.44. The predicted molar refractivity (Wildman–Crippen MR) is 54.9 cm³/mol. The maximum absolute atomic E-state index is 11.4. The fourth-order valence-electron chi connectivity index (χ4n) is 1.17. The van der Waals surface area contributed by atoms with Crippen LogP contribution < -0.4 is 5.73 Å². The highest BCUT2D eigenvalue weighted by Crippen LogP contribution is 2.06. The molecule has 1 unspecified atom stereocenters. The number of ether oxygens (including phenoxy) is 2. The molecule has 0 aliphatic carbocycles. The zero-order chi connectivity index (χ0) is 10.8. The van der Waals surface area contributed by atoms with Crippen LogP contribution >= 0.6 is 0 Å². The van der Waals surface area contributed by atoms with Crippen molar-refractivity contribution < 1.29 is 14.3 Å². The lowest BCUT2D eigenvalue weighted by atomic mass is 10.0. The molecule has 0 rings (SSSR count). The van der Waals surface area contributed by atoms with Crippen molar-refractivity contribution in [2.24, 2.45) is 11.7 Å². The number of rotatable bonds is 8. The minimum Gasteiger partial charge on any atom is -0.465 e. The summed E-state index contributed by atoms with van der Waals surface area (Å²) < 4.78 is 9.89. The minimum absolute atomic E-state index is 0.137. The molecule has 0 bridgehead atoms. The van der Waals surface area contributed by atoms with Gasteiger partial charge in [0.1, 0.15) is 0 Å². The van der Waals surface area contributed by atoms with Gasteiger partial charge in [0.05, 0.1) is 12.5 Å². The van der Waals surface area contributed by atoms with Gasteiger partial charge in [0.25, 0.3) is 0 Å². The first-order valence-corrected chi connectivity index (χ1v) is 5.11. The van der Waals surface area contributed by atoms with Crippen LogP contribution in [0.15, 0.2) is 0 Å². The van der Waals surface area contributed by atoms with Gasteiger partial charge in [0.2, 0.25) is 0 Å². The number of hydrogen-bond acceptors (Lipinski definition) is 4. The maximum Gasteiger partial charge on any atom is 0.310 e. The average molecular weight is 203 g/mol. The monoisotopic (exact) mass is 203 g/mol. The van der Waals surface area contributed by atoms with Crippen molar-refractivity contribution in [2.75, 3.05) is 26.9 Å². The van der Waals surface area contributed by atoms with Crippen LogP contribution in [-0.2, 0) is 14.3 Å². The smallest absolute Gasteiger partial charge is 0.310 e. The SMILES string of the molecule is CCCC(CN)C(=O)OCCCOC. The van der Waals surface area contributed by atoms with Gasteiger partial charge in [0, 0.05) is 26.7 Å². The largest absolute Gasteiger partial charge is 0.465 e. The highest BCUT2D eigenvalue weighted by molar-refractivity contribution is 5.72. The third kappa shape index (κ3) is 5.94. The Balaban J connectivity index is 3.58. The summed E-state index contributed by atoms with van der Waals surface area (Å²) in [5, 5.41) is 0. The van der Waals surface area contributed by atoms with Crippen molar-refractivity contribution in [1.29, 1.82) is 0 Å². The van der Waals surface area contributed by atoms with E-state index in [9.17, 15) is 4.79 Å². The van der Waals surface area contributed by atoms with Crippen LogP contribution in [0.2, 0.25) is 0 Å². The van der Waals surface area contributed by atoms with E-state index in [0.717, 1.165) is 19.3 Å². The number of nitrogens with two attached hydrogens (primary N) is 1. The van der Waals surface area contributed by atoms with Gasteiger partial charge in [0.15, 0.2) is 0 Å². The molecule has 0 heterocycles.